The molecule has 0 saturated carbocycles. The Hall–Kier alpha value is -1.44. The zero-order valence-corrected chi connectivity index (χ0v) is 14.1. The van der Waals surface area contributed by atoms with Gasteiger partial charge in [-0.1, -0.05) is 30.0 Å². The fourth-order valence-electron chi connectivity index (χ4n) is 1.63. The van der Waals surface area contributed by atoms with Crippen molar-refractivity contribution in [2.75, 3.05) is 19.0 Å². The molecule has 1 N–H and O–H groups in total. The number of nitrogens with one attached hydrogen (secondary N) is 1. The number of methoxy groups -OCH3 is 1. The van der Waals surface area contributed by atoms with Crippen molar-refractivity contribution in [3.8, 4) is 17.6 Å². The Bertz CT molecular complexity index is 645. The lowest BCUT2D eigenvalue weighted by Crippen LogP contribution is -2.00. The van der Waals surface area contributed by atoms with Crippen LogP contribution in [-0.4, -0.2) is 13.7 Å². The first-order valence-electron chi connectivity index (χ1n) is 6.01. The van der Waals surface area contributed by atoms with Gasteiger partial charge in [0.15, 0.2) is 0 Å². The molecule has 0 bridgehead atoms. The van der Waals surface area contributed by atoms with E-state index in [1.165, 1.54) is 0 Å². The second-order valence-corrected chi connectivity index (χ2v) is 5.70. The van der Waals surface area contributed by atoms with E-state index in [0.717, 1.165) is 25.9 Å². The fraction of sp³-hybridized carbons (Fsp3) is 0.125. The van der Waals surface area contributed by atoms with E-state index in [0.29, 0.717) is 6.54 Å². The fourth-order valence-corrected chi connectivity index (χ4v) is 2.92. The number of hydrogen-bond donors (Lipinski definition) is 1. The molecule has 0 amide bonds. The zero-order valence-electron chi connectivity index (χ0n) is 10.9. The number of halogens is 2. The van der Waals surface area contributed by atoms with Crippen molar-refractivity contribution in [1.29, 1.82) is 0 Å². The summed E-state index contributed by atoms with van der Waals surface area (Å²) in [6.07, 6.45) is 0. The van der Waals surface area contributed by atoms with Gasteiger partial charge in [0.05, 0.1) is 23.8 Å². The Kier molecular flexibility index (Phi) is 5.51. The van der Waals surface area contributed by atoms with Crippen molar-refractivity contribution < 1.29 is 4.74 Å². The smallest absolute Gasteiger partial charge is 0.135 e. The number of benzene rings is 2. The van der Waals surface area contributed by atoms with Crippen LogP contribution in [-0.2, 0) is 0 Å². The summed E-state index contributed by atoms with van der Waals surface area (Å²) in [5.41, 5.74) is 1.97. The molecule has 0 atom stereocenters. The number of rotatable bonds is 3. The summed E-state index contributed by atoms with van der Waals surface area (Å²) in [7, 11) is 1.65. The molecule has 0 unspecified atom stereocenters. The summed E-state index contributed by atoms with van der Waals surface area (Å²) in [6.45, 7) is 0.568. The van der Waals surface area contributed by atoms with E-state index in [1.807, 2.05) is 42.5 Å². The summed E-state index contributed by atoms with van der Waals surface area (Å²) in [5, 5.41) is 3.26. The van der Waals surface area contributed by atoms with Gasteiger partial charge in [0.2, 0.25) is 0 Å². The van der Waals surface area contributed by atoms with Crippen LogP contribution in [0.25, 0.3) is 0 Å². The van der Waals surface area contributed by atoms with Crippen LogP contribution < -0.4 is 10.1 Å². The number of ether oxygens (including phenoxy) is 1. The van der Waals surface area contributed by atoms with Crippen LogP contribution in [0.2, 0.25) is 0 Å². The highest BCUT2D eigenvalue weighted by Gasteiger charge is 2.05. The molecule has 0 aromatic heterocycles. The highest BCUT2D eigenvalue weighted by Crippen LogP contribution is 2.34. The Labute approximate surface area is 135 Å². The average Bonchev–Trinajstić information content (AvgIpc) is 2.46. The molecule has 0 spiro atoms. The predicted octanol–water partition coefficient (Wildman–Crippen LogP) is 4.68. The van der Waals surface area contributed by atoms with Gasteiger partial charge in [-0.2, -0.15) is 0 Å². The molecule has 4 heteroatoms. The van der Waals surface area contributed by atoms with E-state index in [1.54, 1.807) is 7.11 Å². The third-order valence-corrected chi connectivity index (χ3v) is 3.89. The molecule has 0 saturated heterocycles. The third kappa shape index (κ3) is 4.03. The predicted molar refractivity (Wildman–Crippen MR) is 90.2 cm³/mol. The van der Waals surface area contributed by atoms with Crippen molar-refractivity contribution in [1.82, 2.24) is 0 Å². The topological polar surface area (TPSA) is 21.3 Å². The molecule has 0 aliphatic heterocycles. The monoisotopic (exact) mass is 393 g/mol. The van der Waals surface area contributed by atoms with E-state index in [2.05, 4.69) is 49.0 Å². The van der Waals surface area contributed by atoms with Crippen LogP contribution in [0.4, 0.5) is 5.69 Å². The molecular formula is C16H13Br2NO. The van der Waals surface area contributed by atoms with Gasteiger partial charge in [-0.15, -0.1) is 0 Å². The highest BCUT2D eigenvalue weighted by molar-refractivity contribution is 9.11. The summed E-state index contributed by atoms with van der Waals surface area (Å²) in [5.74, 6) is 6.99. The number of hydrogen-bond acceptors (Lipinski definition) is 2. The van der Waals surface area contributed by atoms with Crippen LogP contribution in [0.1, 0.15) is 5.56 Å². The van der Waals surface area contributed by atoms with Crippen LogP contribution >= 0.6 is 31.9 Å². The number of anilines is 1. The normalized spacial score (nSPS) is 9.55. The molecule has 2 rings (SSSR count). The molecule has 0 radical (unpaired) electrons. The second-order valence-electron chi connectivity index (χ2n) is 3.99. The first kappa shape index (κ1) is 15.0. The van der Waals surface area contributed by atoms with Crippen LogP contribution in [0, 0.1) is 11.8 Å². The molecule has 0 fully saturated rings. The molecule has 2 aromatic rings. The maximum Gasteiger partial charge on any atom is 0.135 e. The molecule has 102 valence electrons. The van der Waals surface area contributed by atoms with Gasteiger partial charge >= 0.3 is 0 Å². The standard InChI is InChI=1S/C16H13Br2NO/c1-20-16-11-15(13(17)10-14(16)18)19-9-5-8-12-6-3-2-4-7-12/h2-4,6-7,10-11,19H,9H2,1H3. The van der Waals surface area contributed by atoms with Gasteiger partial charge in [-0.3, -0.25) is 0 Å². The van der Waals surface area contributed by atoms with E-state index in [9.17, 15) is 0 Å². The lowest BCUT2D eigenvalue weighted by molar-refractivity contribution is 0.412. The lowest BCUT2D eigenvalue weighted by Gasteiger charge is -2.09. The molecule has 2 aromatic carbocycles. The summed E-state index contributed by atoms with van der Waals surface area (Å²) < 4.78 is 7.15. The van der Waals surface area contributed by atoms with Crippen LogP contribution in [0.15, 0.2) is 51.4 Å². The van der Waals surface area contributed by atoms with Crippen molar-refractivity contribution in [2.45, 2.75) is 0 Å². The summed E-state index contributed by atoms with van der Waals surface area (Å²) in [4.78, 5) is 0. The molecule has 0 aliphatic carbocycles. The average molecular weight is 395 g/mol. The first-order valence-corrected chi connectivity index (χ1v) is 7.60. The van der Waals surface area contributed by atoms with Crippen LogP contribution in [0.3, 0.4) is 0 Å². The highest BCUT2D eigenvalue weighted by atomic mass is 79.9. The van der Waals surface area contributed by atoms with Gasteiger partial charge in [-0.05, 0) is 50.1 Å². The van der Waals surface area contributed by atoms with Gasteiger partial charge in [0.1, 0.15) is 5.75 Å². The molecule has 0 heterocycles. The summed E-state index contributed by atoms with van der Waals surface area (Å²) >= 11 is 6.95. The second kappa shape index (κ2) is 7.37. The maximum absolute atomic E-state index is 5.27. The van der Waals surface area contributed by atoms with E-state index in [-0.39, 0.29) is 0 Å². The van der Waals surface area contributed by atoms with E-state index in [4.69, 9.17) is 4.74 Å². The van der Waals surface area contributed by atoms with Gasteiger partial charge in [0.25, 0.3) is 0 Å². The van der Waals surface area contributed by atoms with Crippen molar-refractivity contribution in [3.63, 3.8) is 0 Å². The Balaban J connectivity index is 2.03. The zero-order chi connectivity index (χ0) is 14.4. The molecule has 20 heavy (non-hydrogen) atoms. The first-order chi connectivity index (χ1) is 9.70. The quantitative estimate of drug-likeness (QED) is 0.763. The maximum atomic E-state index is 5.27. The van der Waals surface area contributed by atoms with Crippen molar-refractivity contribution >= 4 is 37.5 Å². The van der Waals surface area contributed by atoms with Gasteiger partial charge < -0.3 is 10.1 Å². The van der Waals surface area contributed by atoms with Crippen molar-refractivity contribution in [3.05, 3.63) is 57.0 Å². The Morgan fingerprint density at radius 2 is 1.85 bits per heavy atom. The minimum absolute atomic E-state index is 0.568. The SMILES string of the molecule is COc1cc(NCC#Cc2ccccc2)c(Br)cc1Br. The largest absolute Gasteiger partial charge is 0.495 e. The van der Waals surface area contributed by atoms with Crippen LogP contribution in [0.5, 0.6) is 5.75 Å². The van der Waals surface area contributed by atoms with Crippen molar-refractivity contribution in [2.24, 2.45) is 0 Å². The third-order valence-electron chi connectivity index (χ3n) is 2.62. The van der Waals surface area contributed by atoms with Gasteiger partial charge in [0, 0.05) is 16.1 Å². The molecular weight excluding hydrogens is 382 g/mol. The van der Waals surface area contributed by atoms with E-state index >= 15 is 0 Å². The minimum Gasteiger partial charge on any atom is -0.495 e. The van der Waals surface area contributed by atoms with E-state index < -0.39 is 0 Å². The Morgan fingerprint density at radius 1 is 1.10 bits per heavy atom. The lowest BCUT2D eigenvalue weighted by atomic mass is 10.2. The molecule has 2 nitrogen and oxygen atoms in total. The van der Waals surface area contributed by atoms with Gasteiger partial charge in [-0.25, -0.2) is 0 Å². The summed E-state index contributed by atoms with van der Waals surface area (Å²) in [6, 6.07) is 13.8. The minimum atomic E-state index is 0.568. The molecule has 0 aliphatic rings. The Morgan fingerprint density at radius 3 is 2.55 bits per heavy atom.